The van der Waals surface area contributed by atoms with Crippen molar-refractivity contribution in [2.24, 2.45) is 10.2 Å². The number of hydrogen-bond acceptors (Lipinski definition) is 6. The number of nitrogens with one attached hydrogen (secondary N) is 2. The van der Waals surface area contributed by atoms with Crippen LogP contribution < -0.4 is 14.8 Å². The van der Waals surface area contributed by atoms with Crippen molar-refractivity contribution in [2.75, 3.05) is 12.1 Å². The van der Waals surface area contributed by atoms with Crippen LogP contribution >= 0.6 is 15.9 Å². The highest BCUT2D eigenvalue weighted by atomic mass is 79.9. The van der Waals surface area contributed by atoms with Crippen LogP contribution in [0.1, 0.15) is 22.3 Å². The maximum absolute atomic E-state index is 12.5. The summed E-state index contributed by atoms with van der Waals surface area (Å²) in [6.45, 7) is 0.211. The fourth-order valence-corrected chi connectivity index (χ4v) is 4.03. The summed E-state index contributed by atoms with van der Waals surface area (Å²) in [7, 11) is 0. The smallest absolute Gasteiger partial charge is 0.295 e. The monoisotopic (exact) mass is 534 g/mol. The number of carbonyl (C=O) groups is 2. The number of ether oxygens (including phenoxy) is 2. The highest BCUT2D eigenvalue weighted by molar-refractivity contribution is 9.10. The van der Waals surface area contributed by atoms with Crippen LogP contribution in [0.25, 0.3) is 10.9 Å². The van der Waals surface area contributed by atoms with Crippen LogP contribution in [-0.2, 0) is 11.2 Å². The van der Waals surface area contributed by atoms with Gasteiger partial charge in [0.25, 0.3) is 5.91 Å². The number of fused-ring (bicyclic) bond motifs is 2. The van der Waals surface area contributed by atoms with E-state index in [0.29, 0.717) is 46.5 Å². The Kier molecular flexibility index (Phi) is 6.19. The largest absolute Gasteiger partial charge is 0.493 e. The Hall–Kier alpha value is -4.18. The molecule has 1 aliphatic heterocycles. The van der Waals surface area contributed by atoms with E-state index in [-0.39, 0.29) is 24.3 Å². The van der Waals surface area contributed by atoms with Crippen molar-refractivity contribution in [2.45, 2.75) is 12.8 Å². The maximum Gasteiger partial charge on any atom is 0.295 e. The molecule has 2 amide bonds. The third kappa shape index (κ3) is 5.02. The van der Waals surface area contributed by atoms with Crippen molar-refractivity contribution in [1.82, 2.24) is 4.98 Å². The summed E-state index contributed by atoms with van der Waals surface area (Å²) in [4.78, 5) is 27.6. The minimum absolute atomic E-state index is 0.151. The number of rotatable bonds is 6. The summed E-state index contributed by atoms with van der Waals surface area (Å²) in [6, 6.07) is 17.4. The molecule has 0 aliphatic carbocycles. The van der Waals surface area contributed by atoms with Crippen LogP contribution in [0.15, 0.2) is 75.4 Å². The molecule has 0 fully saturated rings. The Labute approximate surface area is 207 Å². The molecular formula is C25H19BrN4O5. The fraction of sp³-hybridized carbons (Fsp3) is 0.120. The van der Waals surface area contributed by atoms with Crippen molar-refractivity contribution >= 4 is 50.0 Å². The second-order valence-electron chi connectivity index (χ2n) is 7.83. The number of nitrogens with zero attached hydrogens (tertiary/aromatic N) is 2. The van der Waals surface area contributed by atoms with E-state index in [4.69, 9.17) is 9.47 Å². The zero-order chi connectivity index (χ0) is 24.4. The SMILES string of the molecule is O=C(CCc1ccc2c(c1)OCO2)Nc1ccc(C(=O)N=Nc2c(O)[nH]c3ccc(Br)cc23)cc1. The van der Waals surface area contributed by atoms with Crippen molar-refractivity contribution < 1.29 is 24.2 Å². The first-order chi connectivity index (χ1) is 17.0. The van der Waals surface area contributed by atoms with Gasteiger partial charge in [-0.15, -0.1) is 10.2 Å². The van der Waals surface area contributed by atoms with Crippen molar-refractivity contribution in [3.05, 3.63) is 76.3 Å². The third-order valence-electron chi connectivity index (χ3n) is 5.45. The molecule has 5 rings (SSSR count). The van der Waals surface area contributed by atoms with Gasteiger partial charge in [0.1, 0.15) is 0 Å². The zero-order valence-corrected chi connectivity index (χ0v) is 19.8. The lowest BCUT2D eigenvalue weighted by Crippen LogP contribution is -2.12. The van der Waals surface area contributed by atoms with Crippen molar-refractivity contribution in [3.8, 4) is 17.4 Å². The fourth-order valence-electron chi connectivity index (χ4n) is 3.66. The Morgan fingerprint density at radius 2 is 1.83 bits per heavy atom. The molecule has 0 saturated carbocycles. The summed E-state index contributed by atoms with van der Waals surface area (Å²) in [5, 5.41) is 21.2. The minimum atomic E-state index is -0.575. The molecule has 3 N–H and O–H groups in total. The molecule has 0 bridgehead atoms. The molecule has 0 atom stereocenters. The van der Waals surface area contributed by atoms with Crippen molar-refractivity contribution in [3.63, 3.8) is 0 Å². The molecule has 1 aromatic heterocycles. The summed E-state index contributed by atoms with van der Waals surface area (Å²) < 4.78 is 11.5. The summed E-state index contributed by atoms with van der Waals surface area (Å²) in [6.07, 6.45) is 0.843. The van der Waals surface area contributed by atoms with E-state index < -0.39 is 5.91 Å². The van der Waals surface area contributed by atoms with Gasteiger partial charge in [-0.1, -0.05) is 22.0 Å². The van der Waals surface area contributed by atoms with Crippen LogP contribution in [0, 0.1) is 0 Å². The van der Waals surface area contributed by atoms with Crippen molar-refractivity contribution in [1.29, 1.82) is 0 Å². The molecule has 3 aromatic carbocycles. The van der Waals surface area contributed by atoms with Crippen LogP contribution in [-0.4, -0.2) is 28.7 Å². The van der Waals surface area contributed by atoms with Gasteiger partial charge < -0.3 is 24.9 Å². The van der Waals surface area contributed by atoms with E-state index in [1.54, 1.807) is 36.4 Å². The average Bonchev–Trinajstić information content (AvgIpc) is 3.44. The number of azo groups is 1. The molecule has 0 spiro atoms. The predicted molar refractivity (Wildman–Crippen MR) is 132 cm³/mol. The lowest BCUT2D eigenvalue weighted by molar-refractivity contribution is -0.116. The second-order valence-corrected chi connectivity index (χ2v) is 8.75. The highest BCUT2D eigenvalue weighted by Gasteiger charge is 2.14. The zero-order valence-electron chi connectivity index (χ0n) is 18.2. The van der Waals surface area contributed by atoms with Gasteiger partial charge in [-0.25, -0.2) is 0 Å². The molecule has 35 heavy (non-hydrogen) atoms. The summed E-state index contributed by atoms with van der Waals surface area (Å²) in [5.41, 5.74) is 2.69. The Balaban J connectivity index is 1.19. The van der Waals surface area contributed by atoms with Crippen LogP contribution in [0.5, 0.6) is 17.4 Å². The van der Waals surface area contributed by atoms with Gasteiger partial charge in [-0.2, -0.15) is 0 Å². The molecule has 10 heteroatoms. The first kappa shape index (κ1) is 22.6. The molecule has 1 aliphatic rings. The molecule has 0 unspecified atom stereocenters. The van der Waals surface area contributed by atoms with E-state index in [9.17, 15) is 14.7 Å². The van der Waals surface area contributed by atoms with Crippen LogP contribution in [0.4, 0.5) is 11.4 Å². The number of amides is 2. The molecule has 4 aromatic rings. The van der Waals surface area contributed by atoms with Gasteiger partial charge in [0.2, 0.25) is 18.6 Å². The number of aromatic amines is 1. The normalized spacial score (nSPS) is 12.4. The number of halogens is 1. The first-order valence-corrected chi connectivity index (χ1v) is 11.5. The van der Waals surface area contributed by atoms with Gasteiger partial charge in [-0.05, 0) is 66.6 Å². The number of carbonyl (C=O) groups excluding carboxylic acids is 2. The number of H-pyrrole nitrogens is 1. The van der Waals surface area contributed by atoms with E-state index in [1.807, 2.05) is 24.3 Å². The van der Waals surface area contributed by atoms with Crippen LogP contribution in [0.2, 0.25) is 0 Å². The number of benzene rings is 3. The van der Waals surface area contributed by atoms with E-state index in [1.165, 1.54) is 0 Å². The molecule has 2 heterocycles. The lowest BCUT2D eigenvalue weighted by Gasteiger charge is -2.06. The Morgan fingerprint density at radius 3 is 2.66 bits per heavy atom. The predicted octanol–water partition coefficient (Wildman–Crippen LogP) is 5.86. The number of anilines is 1. The quantitative estimate of drug-likeness (QED) is 0.267. The third-order valence-corrected chi connectivity index (χ3v) is 5.94. The molecular weight excluding hydrogens is 516 g/mol. The maximum atomic E-state index is 12.5. The van der Waals surface area contributed by atoms with Crippen LogP contribution in [0.3, 0.4) is 0 Å². The topological polar surface area (TPSA) is 125 Å². The van der Waals surface area contributed by atoms with E-state index in [2.05, 4.69) is 36.5 Å². The standard InChI is InChI=1S/C25H19BrN4O5/c26-16-5-8-19-18(12-16)23(25(33)28-19)29-30-24(32)15-3-6-17(7-4-15)27-22(31)10-2-14-1-9-20-21(11-14)35-13-34-20/h1,3-9,11-12,28,33H,2,10,13H2,(H,27,31). The number of aryl methyl sites for hydroxylation is 1. The number of aromatic hydroxyl groups is 1. The minimum Gasteiger partial charge on any atom is -0.493 e. The second kappa shape index (κ2) is 9.59. The van der Waals surface area contributed by atoms with Gasteiger partial charge in [0.05, 0.1) is 5.52 Å². The number of hydrogen-bond donors (Lipinski definition) is 3. The van der Waals surface area contributed by atoms with Gasteiger partial charge in [0, 0.05) is 27.5 Å². The van der Waals surface area contributed by atoms with Gasteiger partial charge in [0.15, 0.2) is 17.2 Å². The molecule has 0 radical (unpaired) electrons. The summed E-state index contributed by atoms with van der Waals surface area (Å²) >= 11 is 3.37. The van der Waals surface area contributed by atoms with E-state index in [0.717, 1.165) is 10.0 Å². The average molecular weight is 535 g/mol. The Bertz CT molecular complexity index is 1460. The highest BCUT2D eigenvalue weighted by Crippen LogP contribution is 2.37. The number of aromatic nitrogens is 1. The Morgan fingerprint density at radius 1 is 1.03 bits per heavy atom. The molecule has 176 valence electrons. The summed E-state index contributed by atoms with van der Waals surface area (Å²) in [5.74, 6) is 0.497. The molecule has 0 saturated heterocycles. The lowest BCUT2D eigenvalue weighted by atomic mass is 10.1. The first-order valence-electron chi connectivity index (χ1n) is 10.7. The van der Waals surface area contributed by atoms with Gasteiger partial charge in [-0.3, -0.25) is 9.59 Å². The van der Waals surface area contributed by atoms with E-state index >= 15 is 0 Å². The molecule has 9 nitrogen and oxygen atoms in total. The van der Waals surface area contributed by atoms with Gasteiger partial charge >= 0.3 is 0 Å².